The molecule has 2 rings (SSSR count). The Kier molecular flexibility index (Phi) is 2.94. The molecular weight excluding hydrogens is 208 g/mol. The van der Waals surface area contributed by atoms with Gasteiger partial charge in [-0.25, -0.2) is 4.79 Å². The number of esters is 1. The highest BCUT2D eigenvalue weighted by Gasteiger charge is 2.22. The fourth-order valence-corrected chi connectivity index (χ4v) is 1.38. The van der Waals surface area contributed by atoms with Gasteiger partial charge in [0.05, 0.1) is 14.2 Å². The largest absolute Gasteiger partial charge is 0.480 e. The second kappa shape index (κ2) is 4.38. The zero-order valence-electron chi connectivity index (χ0n) is 9.32. The fourth-order valence-electron chi connectivity index (χ4n) is 1.38. The number of carbonyl (C=O) groups is 1. The standard InChI is InChI=1S/C11H14N2O3/c1-15-10-8(11(14)16-2)5-6-9(13-10)12-7-3-4-7/h5-7H,3-4H2,1-2H3,(H,12,13). The second-order valence-electron chi connectivity index (χ2n) is 3.66. The van der Waals surface area contributed by atoms with Gasteiger partial charge in [0.25, 0.3) is 0 Å². The molecular formula is C11H14N2O3. The number of nitrogens with one attached hydrogen (secondary N) is 1. The summed E-state index contributed by atoms with van der Waals surface area (Å²) in [5, 5.41) is 3.23. The molecule has 1 heterocycles. The molecule has 0 atom stereocenters. The van der Waals surface area contributed by atoms with Crippen LogP contribution in [0.3, 0.4) is 0 Å². The Hall–Kier alpha value is -1.78. The van der Waals surface area contributed by atoms with Gasteiger partial charge < -0.3 is 14.8 Å². The van der Waals surface area contributed by atoms with E-state index in [2.05, 4.69) is 15.0 Å². The number of nitrogens with zero attached hydrogens (tertiary/aromatic N) is 1. The molecule has 0 spiro atoms. The smallest absolute Gasteiger partial charge is 0.343 e. The maximum absolute atomic E-state index is 11.4. The van der Waals surface area contributed by atoms with Crippen LogP contribution in [0.4, 0.5) is 5.82 Å². The Morgan fingerprint density at radius 3 is 2.75 bits per heavy atom. The monoisotopic (exact) mass is 222 g/mol. The van der Waals surface area contributed by atoms with Gasteiger partial charge in [-0.05, 0) is 25.0 Å². The fraction of sp³-hybridized carbons (Fsp3) is 0.455. The van der Waals surface area contributed by atoms with Gasteiger partial charge in [-0.15, -0.1) is 0 Å². The molecule has 0 bridgehead atoms. The number of ether oxygens (including phenoxy) is 2. The van der Waals surface area contributed by atoms with E-state index in [9.17, 15) is 4.79 Å². The minimum atomic E-state index is -0.442. The lowest BCUT2D eigenvalue weighted by atomic mass is 10.2. The Balaban J connectivity index is 2.22. The summed E-state index contributed by atoms with van der Waals surface area (Å²) in [4.78, 5) is 15.6. The molecule has 0 amide bonds. The van der Waals surface area contributed by atoms with Crippen molar-refractivity contribution in [2.45, 2.75) is 18.9 Å². The van der Waals surface area contributed by atoms with Gasteiger partial charge in [-0.3, -0.25) is 0 Å². The van der Waals surface area contributed by atoms with Crippen LogP contribution >= 0.6 is 0 Å². The highest BCUT2D eigenvalue weighted by atomic mass is 16.5. The molecule has 0 saturated heterocycles. The summed E-state index contributed by atoms with van der Waals surface area (Å²) in [6.45, 7) is 0. The van der Waals surface area contributed by atoms with Crippen molar-refractivity contribution in [1.82, 2.24) is 4.98 Å². The Morgan fingerprint density at radius 2 is 2.19 bits per heavy atom. The first-order valence-corrected chi connectivity index (χ1v) is 5.14. The lowest BCUT2D eigenvalue weighted by molar-refractivity contribution is 0.0596. The highest BCUT2D eigenvalue weighted by molar-refractivity contribution is 5.92. The number of carbonyl (C=O) groups excluding carboxylic acids is 1. The summed E-state index contributed by atoms with van der Waals surface area (Å²) in [7, 11) is 2.81. The van der Waals surface area contributed by atoms with Crippen molar-refractivity contribution in [3.63, 3.8) is 0 Å². The molecule has 1 N–H and O–H groups in total. The van der Waals surface area contributed by atoms with Crippen LogP contribution in [-0.2, 0) is 4.74 Å². The van der Waals surface area contributed by atoms with E-state index in [1.54, 1.807) is 12.1 Å². The van der Waals surface area contributed by atoms with Crippen molar-refractivity contribution in [3.8, 4) is 5.88 Å². The van der Waals surface area contributed by atoms with Crippen molar-refractivity contribution >= 4 is 11.8 Å². The van der Waals surface area contributed by atoms with Crippen LogP contribution in [0.5, 0.6) is 5.88 Å². The summed E-state index contributed by atoms with van der Waals surface area (Å²) >= 11 is 0. The number of hydrogen-bond acceptors (Lipinski definition) is 5. The maximum atomic E-state index is 11.4. The van der Waals surface area contributed by atoms with E-state index in [0.717, 1.165) is 5.82 Å². The molecule has 0 unspecified atom stereocenters. The third-order valence-electron chi connectivity index (χ3n) is 2.39. The molecule has 0 radical (unpaired) electrons. The second-order valence-corrected chi connectivity index (χ2v) is 3.66. The van der Waals surface area contributed by atoms with E-state index in [-0.39, 0.29) is 5.88 Å². The van der Waals surface area contributed by atoms with Gasteiger partial charge in [0.1, 0.15) is 11.4 Å². The molecule has 1 saturated carbocycles. The van der Waals surface area contributed by atoms with Gasteiger partial charge in [0.15, 0.2) is 0 Å². The highest BCUT2D eigenvalue weighted by Crippen LogP contribution is 2.26. The SMILES string of the molecule is COC(=O)c1ccc(NC2CC2)nc1OC. The maximum Gasteiger partial charge on any atom is 0.343 e. The van der Waals surface area contributed by atoms with Crippen LogP contribution in [0.15, 0.2) is 12.1 Å². The topological polar surface area (TPSA) is 60.5 Å². The third kappa shape index (κ3) is 2.24. The summed E-state index contributed by atoms with van der Waals surface area (Å²) in [6, 6.07) is 3.93. The molecule has 16 heavy (non-hydrogen) atoms. The number of anilines is 1. The van der Waals surface area contributed by atoms with Gasteiger partial charge in [0, 0.05) is 6.04 Å². The minimum Gasteiger partial charge on any atom is -0.480 e. The molecule has 0 aliphatic heterocycles. The van der Waals surface area contributed by atoms with Gasteiger partial charge in [0.2, 0.25) is 5.88 Å². The van der Waals surface area contributed by atoms with Crippen molar-refractivity contribution in [2.24, 2.45) is 0 Å². The summed E-state index contributed by atoms with van der Waals surface area (Å²) in [5.74, 6) is 0.576. The average Bonchev–Trinajstić information content (AvgIpc) is 3.11. The quantitative estimate of drug-likeness (QED) is 0.781. The molecule has 1 aliphatic carbocycles. The van der Waals surface area contributed by atoms with E-state index in [1.165, 1.54) is 27.1 Å². The lowest BCUT2D eigenvalue weighted by Gasteiger charge is -2.08. The number of aromatic nitrogens is 1. The van der Waals surface area contributed by atoms with Crippen LogP contribution in [-0.4, -0.2) is 31.2 Å². The first-order chi connectivity index (χ1) is 7.74. The number of hydrogen-bond donors (Lipinski definition) is 1. The lowest BCUT2D eigenvalue weighted by Crippen LogP contribution is -2.08. The summed E-state index contributed by atoms with van der Waals surface area (Å²) < 4.78 is 9.69. The molecule has 0 aromatic carbocycles. The normalized spacial score (nSPS) is 14.4. The van der Waals surface area contributed by atoms with Gasteiger partial charge >= 0.3 is 5.97 Å². The van der Waals surface area contributed by atoms with E-state index in [4.69, 9.17) is 4.74 Å². The van der Waals surface area contributed by atoms with Gasteiger partial charge in [-0.2, -0.15) is 4.98 Å². The van der Waals surface area contributed by atoms with Crippen LogP contribution in [0.25, 0.3) is 0 Å². The van der Waals surface area contributed by atoms with E-state index < -0.39 is 5.97 Å². The zero-order valence-corrected chi connectivity index (χ0v) is 9.32. The summed E-state index contributed by atoms with van der Waals surface area (Å²) in [5.41, 5.74) is 0.339. The summed E-state index contributed by atoms with van der Waals surface area (Å²) in [6.07, 6.45) is 2.34. The zero-order chi connectivity index (χ0) is 11.5. The number of methoxy groups -OCH3 is 2. The van der Waals surface area contributed by atoms with Crippen molar-refractivity contribution in [3.05, 3.63) is 17.7 Å². The van der Waals surface area contributed by atoms with Crippen molar-refractivity contribution in [2.75, 3.05) is 19.5 Å². The number of pyridine rings is 1. The van der Waals surface area contributed by atoms with E-state index in [1.807, 2.05) is 0 Å². The molecule has 1 fully saturated rings. The van der Waals surface area contributed by atoms with Crippen LogP contribution < -0.4 is 10.1 Å². The minimum absolute atomic E-state index is 0.289. The van der Waals surface area contributed by atoms with Gasteiger partial charge in [-0.1, -0.05) is 0 Å². The molecule has 5 nitrogen and oxygen atoms in total. The number of rotatable bonds is 4. The van der Waals surface area contributed by atoms with Crippen LogP contribution in [0.1, 0.15) is 23.2 Å². The Labute approximate surface area is 93.8 Å². The average molecular weight is 222 g/mol. The molecule has 5 heteroatoms. The first-order valence-electron chi connectivity index (χ1n) is 5.14. The van der Waals surface area contributed by atoms with Crippen molar-refractivity contribution in [1.29, 1.82) is 0 Å². The van der Waals surface area contributed by atoms with Crippen LogP contribution in [0, 0.1) is 0 Å². The van der Waals surface area contributed by atoms with E-state index in [0.29, 0.717) is 11.6 Å². The van der Waals surface area contributed by atoms with Crippen LogP contribution in [0.2, 0.25) is 0 Å². The first kappa shape index (κ1) is 10.7. The van der Waals surface area contributed by atoms with Crippen molar-refractivity contribution < 1.29 is 14.3 Å². The third-order valence-corrected chi connectivity index (χ3v) is 2.39. The molecule has 1 aromatic heterocycles. The predicted molar refractivity (Wildman–Crippen MR) is 58.8 cm³/mol. The molecule has 1 aliphatic rings. The Morgan fingerprint density at radius 1 is 1.44 bits per heavy atom. The molecule has 86 valence electrons. The predicted octanol–water partition coefficient (Wildman–Crippen LogP) is 1.45. The molecule has 1 aromatic rings. The Bertz CT molecular complexity index is 402. The van der Waals surface area contributed by atoms with E-state index >= 15 is 0 Å².